The molecule has 2 aliphatic rings. The maximum Gasteiger partial charge on any atom is 0.227 e. The van der Waals surface area contributed by atoms with Gasteiger partial charge in [0.1, 0.15) is 18.0 Å². The summed E-state index contributed by atoms with van der Waals surface area (Å²) in [5.74, 6) is 0.871. The molecule has 6 heteroatoms. The second-order valence-electron chi connectivity index (χ2n) is 9.17. The van der Waals surface area contributed by atoms with Crippen LogP contribution in [0.2, 0.25) is 0 Å². The van der Waals surface area contributed by atoms with E-state index in [4.69, 9.17) is 9.47 Å². The predicted octanol–water partition coefficient (Wildman–Crippen LogP) is 3.62. The van der Waals surface area contributed by atoms with Crippen LogP contribution in [0.1, 0.15) is 36.8 Å². The molecule has 1 unspecified atom stereocenters. The van der Waals surface area contributed by atoms with Crippen LogP contribution in [-0.4, -0.2) is 66.6 Å². The quantitative estimate of drug-likeness (QED) is 0.647. The van der Waals surface area contributed by atoms with Crippen molar-refractivity contribution in [2.24, 2.45) is 0 Å². The number of rotatable bonds is 7. The lowest BCUT2D eigenvalue weighted by Crippen LogP contribution is -2.58. The number of piperidine rings is 1. The number of hydrogen-bond donors (Lipinski definition) is 0. The summed E-state index contributed by atoms with van der Waals surface area (Å²) >= 11 is 0. The molecule has 0 saturated carbocycles. The highest BCUT2D eigenvalue weighted by Crippen LogP contribution is 2.27. The molecule has 2 saturated heterocycles. The largest absolute Gasteiger partial charge is 0.490 e. The van der Waals surface area contributed by atoms with Gasteiger partial charge in [0.2, 0.25) is 11.8 Å². The van der Waals surface area contributed by atoms with Gasteiger partial charge in [-0.3, -0.25) is 9.59 Å². The van der Waals surface area contributed by atoms with Gasteiger partial charge < -0.3 is 19.3 Å². The molecule has 0 spiro atoms. The van der Waals surface area contributed by atoms with Crippen LogP contribution in [0.4, 0.5) is 0 Å². The summed E-state index contributed by atoms with van der Waals surface area (Å²) in [4.78, 5) is 30.2. The van der Waals surface area contributed by atoms with Gasteiger partial charge in [0.15, 0.2) is 0 Å². The Morgan fingerprint density at radius 2 is 1.64 bits per heavy atom. The van der Waals surface area contributed by atoms with Gasteiger partial charge in [-0.1, -0.05) is 42.5 Å². The third-order valence-corrected chi connectivity index (χ3v) is 6.63. The molecule has 176 valence electrons. The van der Waals surface area contributed by atoms with Gasteiger partial charge in [-0.15, -0.1) is 0 Å². The fourth-order valence-corrected chi connectivity index (χ4v) is 4.65. The number of carbonyl (C=O) groups excluding carboxylic acids is 2. The molecule has 2 heterocycles. The smallest absolute Gasteiger partial charge is 0.227 e. The average Bonchev–Trinajstić information content (AvgIpc) is 2.85. The van der Waals surface area contributed by atoms with E-state index in [0.717, 1.165) is 42.8 Å². The number of morpholine rings is 1. The van der Waals surface area contributed by atoms with Crippen molar-refractivity contribution in [3.63, 3.8) is 0 Å². The van der Waals surface area contributed by atoms with E-state index in [2.05, 4.69) is 0 Å². The van der Waals surface area contributed by atoms with Gasteiger partial charge in [0.05, 0.1) is 26.0 Å². The summed E-state index contributed by atoms with van der Waals surface area (Å²) in [7, 11) is 0. The number of hydrogen-bond acceptors (Lipinski definition) is 4. The molecule has 0 aliphatic carbocycles. The number of benzene rings is 2. The van der Waals surface area contributed by atoms with E-state index in [9.17, 15) is 9.59 Å². The summed E-state index contributed by atoms with van der Waals surface area (Å²) in [6.07, 6.45) is 3.82. The third kappa shape index (κ3) is 6.14. The van der Waals surface area contributed by atoms with E-state index < -0.39 is 5.60 Å². The topological polar surface area (TPSA) is 59.1 Å². The molecule has 2 aliphatic heterocycles. The number of amides is 2. The van der Waals surface area contributed by atoms with Gasteiger partial charge in [0.25, 0.3) is 0 Å². The lowest BCUT2D eigenvalue weighted by atomic mass is 9.95. The Bertz CT molecular complexity index is 942. The van der Waals surface area contributed by atoms with Crippen LogP contribution < -0.4 is 4.74 Å². The van der Waals surface area contributed by atoms with Crippen LogP contribution >= 0.6 is 0 Å². The first-order valence-corrected chi connectivity index (χ1v) is 12.0. The van der Waals surface area contributed by atoms with E-state index in [1.807, 2.05) is 71.3 Å². The molecule has 6 nitrogen and oxygen atoms in total. The van der Waals surface area contributed by atoms with E-state index in [0.29, 0.717) is 26.1 Å². The van der Waals surface area contributed by atoms with Crippen LogP contribution in [0.5, 0.6) is 5.75 Å². The number of nitrogens with zero attached hydrogens (tertiary/aromatic N) is 2. The molecule has 0 bridgehead atoms. The summed E-state index contributed by atoms with van der Waals surface area (Å²) in [6.45, 7) is 5.11. The molecular formula is C27H34N2O4. The van der Waals surface area contributed by atoms with E-state index >= 15 is 0 Å². The fourth-order valence-electron chi connectivity index (χ4n) is 4.65. The number of carbonyl (C=O) groups is 2. The van der Waals surface area contributed by atoms with Crippen molar-refractivity contribution in [2.75, 3.05) is 39.4 Å². The first kappa shape index (κ1) is 23.3. The second kappa shape index (κ2) is 10.8. The Labute approximate surface area is 196 Å². The van der Waals surface area contributed by atoms with Gasteiger partial charge >= 0.3 is 0 Å². The Morgan fingerprint density at radius 3 is 2.39 bits per heavy atom. The van der Waals surface area contributed by atoms with Crippen molar-refractivity contribution in [2.45, 2.75) is 44.6 Å². The molecule has 0 radical (unpaired) electrons. The zero-order valence-electron chi connectivity index (χ0n) is 19.5. The van der Waals surface area contributed by atoms with Crippen LogP contribution in [0, 0.1) is 6.92 Å². The van der Waals surface area contributed by atoms with Gasteiger partial charge in [-0.05, 0) is 49.4 Å². The maximum absolute atomic E-state index is 13.2. The summed E-state index contributed by atoms with van der Waals surface area (Å²) < 4.78 is 12.3. The molecule has 2 amide bonds. The highest BCUT2D eigenvalue weighted by atomic mass is 16.5. The van der Waals surface area contributed by atoms with Crippen molar-refractivity contribution in [1.29, 1.82) is 0 Å². The highest BCUT2D eigenvalue weighted by Gasteiger charge is 2.42. The molecule has 2 fully saturated rings. The van der Waals surface area contributed by atoms with Crippen molar-refractivity contribution >= 4 is 11.8 Å². The molecule has 0 aromatic heterocycles. The van der Waals surface area contributed by atoms with Gasteiger partial charge in [-0.2, -0.15) is 0 Å². The Hall–Kier alpha value is -2.86. The Morgan fingerprint density at radius 1 is 0.909 bits per heavy atom. The molecule has 4 rings (SSSR count). The van der Waals surface area contributed by atoms with Gasteiger partial charge in [0, 0.05) is 19.6 Å². The Balaban J connectivity index is 1.49. The molecule has 2 aromatic rings. The standard InChI is InChI=1S/C27H34N2O4/c1-22-10-6-7-11-23(22)18-25(30)29-16-17-33-27(20-29,21-32-24-12-4-2-5-13-24)19-26(31)28-14-8-3-9-15-28/h2,4-7,10-13H,3,8-9,14-21H2,1H3. The first-order chi connectivity index (χ1) is 16.0. The minimum Gasteiger partial charge on any atom is -0.490 e. The predicted molar refractivity (Wildman–Crippen MR) is 127 cm³/mol. The summed E-state index contributed by atoms with van der Waals surface area (Å²) in [6, 6.07) is 17.5. The fraction of sp³-hybridized carbons (Fsp3) is 0.481. The maximum atomic E-state index is 13.2. The van der Waals surface area contributed by atoms with Crippen LogP contribution in [0.3, 0.4) is 0 Å². The molecular weight excluding hydrogens is 416 g/mol. The third-order valence-electron chi connectivity index (χ3n) is 6.63. The van der Waals surface area contributed by atoms with E-state index in [1.54, 1.807) is 0 Å². The summed E-state index contributed by atoms with van der Waals surface area (Å²) in [5, 5.41) is 0. The van der Waals surface area contributed by atoms with E-state index in [-0.39, 0.29) is 24.8 Å². The SMILES string of the molecule is Cc1ccccc1CC(=O)N1CCOC(COc2ccccc2)(CC(=O)N2CCCCC2)C1. The van der Waals surface area contributed by atoms with E-state index in [1.165, 1.54) is 6.42 Å². The molecule has 0 N–H and O–H groups in total. The number of likely N-dealkylation sites (tertiary alicyclic amines) is 1. The number of ether oxygens (including phenoxy) is 2. The minimum atomic E-state index is -0.857. The van der Waals surface area contributed by atoms with Gasteiger partial charge in [-0.25, -0.2) is 0 Å². The van der Waals surface area contributed by atoms with Crippen LogP contribution in [-0.2, 0) is 20.7 Å². The second-order valence-corrected chi connectivity index (χ2v) is 9.17. The first-order valence-electron chi connectivity index (χ1n) is 12.0. The van der Waals surface area contributed by atoms with Crippen LogP contribution in [0.15, 0.2) is 54.6 Å². The van der Waals surface area contributed by atoms with Crippen molar-refractivity contribution in [3.05, 3.63) is 65.7 Å². The zero-order chi connectivity index (χ0) is 23.1. The highest BCUT2D eigenvalue weighted by molar-refractivity contribution is 5.80. The Kier molecular flexibility index (Phi) is 7.65. The van der Waals surface area contributed by atoms with Crippen molar-refractivity contribution in [1.82, 2.24) is 9.80 Å². The molecule has 1 atom stereocenters. The van der Waals surface area contributed by atoms with Crippen molar-refractivity contribution in [3.8, 4) is 5.75 Å². The summed E-state index contributed by atoms with van der Waals surface area (Å²) in [5.41, 5.74) is 1.28. The molecule has 2 aromatic carbocycles. The molecule has 33 heavy (non-hydrogen) atoms. The number of para-hydroxylation sites is 1. The number of aryl methyl sites for hydroxylation is 1. The monoisotopic (exact) mass is 450 g/mol. The van der Waals surface area contributed by atoms with Crippen molar-refractivity contribution < 1.29 is 19.1 Å². The normalized spacial score (nSPS) is 21.0. The minimum absolute atomic E-state index is 0.0575. The van der Waals surface area contributed by atoms with Crippen LogP contribution in [0.25, 0.3) is 0 Å². The average molecular weight is 451 g/mol. The zero-order valence-corrected chi connectivity index (χ0v) is 19.5. The lowest BCUT2D eigenvalue weighted by Gasteiger charge is -2.43. The lowest BCUT2D eigenvalue weighted by molar-refractivity contribution is -0.166.